The van der Waals surface area contributed by atoms with Crippen LogP contribution in [0.3, 0.4) is 0 Å². The summed E-state index contributed by atoms with van der Waals surface area (Å²) in [4.78, 5) is 11.6. The number of benzene rings is 2. The molecule has 96 valence electrons. The molecule has 0 bridgehead atoms. The molecule has 0 spiro atoms. The van der Waals surface area contributed by atoms with Gasteiger partial charge in [-0.1, -0.05) is 35.9 Å². The third-order valence-electron chi connectivity index (χ3n) is 2.49. The number of anilines is 1. The molecule has 3 heteroatoms. The number of nitrogens with one attached hydrogen (secondary N) is 1. The van der Waals surface area contributed by atoms with Gasteiger partial charge in [-0.05, 0) is 31.2 Å². The van der Waals surface area contributed by atoms with Gasteiger partial charge in [-0.15, -0.1) is 0 Å². The van der Waals surface area contributed by atoms with Gasteiger partial charge < -0.3 is 10.1 Å². The maximum atomic E-state index is 11.6. The van der Waals surface area contributed by atoms with Gasteiger partial charge in [0.2, 0.25) is 0 Å². The van der Waals surface area contributed by atoms with Crippen LogP contribution in [0.1, 0.15) is 5.56 Å². The van der Waals surface area contributed by atoms with E-state index in [-0.39, 0.29) is 5.91 Å². The molecule has 0 fully saturated rings. The molecule has 0 atom stereocenters. The lowest BCUT2D eigenvalue weighted by Crippen LogP contribution is -2.08. The van der Waals surface area contributed by atoms with Gasteiger partial charge in [0.25, 0.3) is 5.91 Å². The number of carbonyl (C=O) groups excluding carboxylic acids is 1. The number of aryl methyl sites for hydroxylation is 1. The molecule has 0 unspecified atom stereocenters. The summed E-state index contributed by atoms with van der Waals surface area (Å²) in [5.74, 6) is 0.474. The fourth-order valence-electron chi connectivity index (χ4n) is 1.49. The molecule has 0 aliphatic rings. The Kier molecular flexibility index (Phi) is 4.34. The summed E-state index contributed by atoms with van der Waals surface area (Å²) < 4.78 is 5.29. The van der Waals surface area contributed by atoms with Crippen LogP contribution in [0.5, 0.6) is 5.75 Å². The van der Waals surface area contributed by atoms with Crippen molar-refractivity contribution in [3.05, 3.63) is 72.5 Å². The molecule has 19 heavy (non-hydrogen) atoms. The molecule has 0 aliphatic carbocycles. The molecule has 1 amide bonds. The summed E-state index contributed by atoms with van der Waals surface area (Å²) in [6, 6.07) is 16.9. The minimum absolute atomic E-state index is 0.222. The maximum absolute atomic E-state index is 11.6. The number of rotatable bonds is 4. The number of hydrogen-bond donors (Lipinski definition) is 1. The monoisotopic (exact) mass is 253 g/mol. The van der Waals surface area contributed by atoms with E-state index >= 15 is 0 Å². The zero-order chi connectivity index (χ0) is 13.5. The Morgan fingerprint density at radius 3 is 2.42 bits per heavy atom. The van der Waals surface area contributed by atoms with Crippen molar-refractivity contribution in [2.45, 2.75) is 6.92 Å². The highest BCUT2D eigenvalue weighted by molar-refractivity contribution is 5.99. The van der Waals surface area contributed by atoms with Gasteiger partial charge in [0, 0.05) is 11.8 Å². The molecule has 0 aliphatic heterocycles. The standard InChI is InChI=1S/C16H15NO2/c1-13-7-9-14(10-8-13)17-16(18)11-12-19-15-5-3-2-4-6-15/h2-12H,1H3,(H,17,18). The van der Waals surface area contributed by atoms with E-state index in [0.29, 0.717) is 5.75 Å². The second-order valence-electron chi connectivity index (χ2n) is 4.09. The molecule has 0 heterocycles. The normalized spacial score (nSPS) is 10.4. The van der Waals surface area contributed by atoms with Crippen LogP contribution in [0.4, 0.5) is 5.69 Å². The molecule has 0 saturated carbocycles. The SMILES string of the molecule is Cc1ccc(NC(=O)C=COc2ccccc2)cc1. The Balaban J connectivity index is 1.86. The van der Waals surface area contributed by atoms with E-state index < -0.39 is 0 Å². The van der Waals surface area contributed by atoms with Crippen molar-refractivity contribution in [2.24, 2.45) is 0 Å². The zero-order valence-electron chi connectivity index (χ0n) is 10.7. The predicted octanol–water partition coefficient (Wildman–Crippen LogP) is 3.53. The second-order valence-corrected chi connectivity index (χ2v) is 4.09. The highest BCUT2D eigenvalue weighted by Crippen LogP contribution is 2.10. The first-order valence-corrected chi connectivity index (χ1v) is 6.00. The van der Waals surface area contributed by atoms with Crippen LogP contribution in [-0.4, -0.2) is 5.91 Å². The quantitative estimate of drug-likeness (QED) is 0.668. The van der Waals surface area contributed by atoms with E-state index in [1.807, 2.05) is 61.5 Å². The number of para-hydroxylation sites is 1. The second kappa shape index (κ2) is 6.40. The average molecular weight is 253 g/mol. The summed E-state index contributed by atoms with van der Waals surface area (Å²) in [7, 11) is 0. The number of ether oxygens (including phenoxy) is 1. The molecule has 1 N–H and O–H groups in total. The van der Waals surface area contributed by atoms with Crippen LogP contribution >= 0.6 is 0 Å². The number of hydrogen-bond acceptors (Lipinski definition) is 2. The van der Waals surface area contributed by atoms with Crippen molar-refractivity contribution in [3.63, 3.8) is 0 Å². The highest BCUT2D eigenvalue weighted by Gasteiger charge is 1.97. The molecule has 2 aromatic rings. The van der Waals surface area contributed by atoms with Crippen molar-refractivity contribution < 1.29 is 9.53 Å². The van der Waals surface area contributed by atoms with Gasteiger partial charge >= 0.3 is 0 Å². The summed E-state index contributed by atoms with van der Waals surface area (Å²) in [6.45, 7) is 2.00. The molecule has 2 aromatic carbocycles. The first kappa shape index (κ1) is 12.9. The molecular formula is C16H15NO2. The lowest BCUT2D eigenvalue weighted by molar-refractivity contribution is -0.112. The van der Waals surface area contributed by atoms with Crippen molar-refractivity contribution in [1.82, 2.24) is 0 Å². The van der Waals surface area contributed by atoms with Gasteiger partial charge in [0.15, 0.2) is 0 Å². The Morgan fingerprint density at radius 2 is 1.74 bits per heavy atom. The van der Waals surface area contributed by atoms with Gasteiger partial charge in [0.05, 0.1) is 6.26 Å². The van der Waals surface area contributed by atoms with E-state index in [9.17, 15) is 4.79 Å². The third-order valence-corrected chi connectivity index (χ3v) is 2.49. The van der Waals surface area contributed by atoms with Crippen LogP contribution in [0.2, 0.25) is 0 Å². The number of carbonyl (C=O) groups is 1. The van der Waals surface area contributed by atoms with E-state index in [1.54, 1.807) is 0 Å². The summed E-state index contributed by atoms with van der Waals surface area (Å²) in [5.41, 5.74) is 1.92. The minimum Gasteiger partial charge on any atom is -0.465 e. The first-order valence-electron chi connectivity index (χ1n) is 6.00. The fraction of sp³-hybridized carbons (Fsp3) is 0.0625. The largest absolute Gasteiger partial charge is 0.465 e. The Labute approximate surface area is 112 Å². The lowest BCUT2D eigenvalue weighted by atomic mass is 10.2. The Hall–Kier alpha value is -2.55. The highest BCUT2D eigenvalue weighted by atomic mass is 16.5. The smallest absolute Gasteiger partial charge is 0.251 e. The zero-order valence-corrected chi connectivity index (χ0v) is 10.7. The summed E-state index contributed by atoms with van der Waals surface area (Å²) >= 11 is 0. The van der Waals surface area contributed by atoms with Crippen LogP contribution < -0.4 is 10.1 Å². The van der Waals surface area contributed by atoms with Gasteiger partial charge in [-0.25, -0.2) is 0 Å². The maximum Gasteiger partial charge on any atom is 0.251 e. The average Bonchev–Trinajstić information content (AvgIpc) is 2.43. The van der Waals surface area contributed by atoms with Crippen molar-refractivity contribution in [1.29, 1.82) is 0 Å². The van der Waals surface area contributed by atoms with Gasteiger partial charge in [0.1, 0.15) is 5.75 Å². The van der Waals surface area contributed by atoms with Crippen molar-refractivity contribution in [2.75, 3.05) is 5.32 Å². The van der Waals surface area contributed by atoms with Gasteiger partial charge in [-0.2, -0.15) is 0 Å². The van der Waals surface area contributed by atoms with E-state index in [0.717, 1.165) is 11.3 Å². The first-order chi connectivity index (χ1) is 9.24. The third kappa shape index (κ3) is 4.32. The fourth-order valence-corrected chi connectivity index (χ4v) is 1.49. The number of amides is 1. The molecule has 3 nitrogen and oxygen atoms in total. The predicted molar refractivity (Wildman–Crippen MR) is 76.0 cm³/mol. The minimum atomic E-state index is -0.222. The van der Waals surface area contributed by atoms with Crippen LogP contribution in [-0.2, 0) is 4.79 Å². The van der Waals surface area contributed by atoms with Crippen LogP contribution in [0.15, 0.2) is 66.9 Å². The Bertz CT molecular complexity index is 559. The van der Waals surface area contributed by atoms with E-state index in [4.69, 9.17) is 4.74 Å². The molecule has 2 rings (SSSR count). The molecule has 0 radical (unpaired) electrons. The van der Waals surface area contributed by atoms with E-state index in [1.165, 1.54) is 12.3 Å². The summed E-state index contributed by atoms with van der Waals surface area (Å²) in [6.07, 6.45) is 2.73. The topological polar surface area (TPSA) is 38.3 Å². The van der Waals surface area contributed by atoms with Crippen molar-refractivity contribution >= 4 is 11.6 Å². The van der Waals surface area contributed by atoms with Crippen molar-refractivity contribution in [3.8, 4) is 5.75 Å². The van der Waals surface area contributed by atoms with Crippen LogP contribution in [0.25, 0.3) is 0 Å². The molecule has 0 saturated heterocycles. The van der Waals surface area contributed by atoms with Gasteiger partial charge in [-0.3, -0.25) is 4.79 Å². The molecule has 0 aromatic heterocycles. The van der Waals surface area contributed by atoms with Crippen LogP contribution in [0, 0.1) is 6.92 Å². The Morgan fingerprint density at radius 1 is 1.05 bits per heavy atom. The van der Waals surface area contributed by atoms with E-state index in [2.05, 4.69) is 5.32 Å². The molecular weight excluding hydrogens is 238 g/mol. The lowest BCUT2D eigenvalue weighted by Gasteiger charge is -2.02. The summed E-state index contributed by atoms with van der Waals surface area (Å²) in [5, 5.41) is 2.75.